The van der Waals surface area contributed by atoms with E-state index in [0.717, 1.165) is 36.0 Å². The van der Waals surface area contributed by atoms with Crippen LogP contribution in [0.25, 0.3) is 11.3 Å². The molecule has 21 heavy (non-hydrogen) atoms. The molecule has 1 N–H and O–H groups in total. The third kappa shape index (κ3) is 4.39. The van der Waals surface area contributed by atoms with Gasteiger partial charge in [0.15, 0.2) is 0 Å². The number of rotatable bonds is 7. The van der Waals surface area contributed by atoms with Crippen LogP contribution in [-0.4, -0.2) is 21.5 Å². The molecule has 0 atom stereocenters. The molecule has 0 bridgehead atoms. The van der Waals surface area contributed by atoms with Gasteiger partial charge in [-0.3, -0.25) is 0 Å². The second-order valence-electron chi connectivity index (χ2n) is 6.13. The predicted molar refractivity (Wildman–Crippen MR) is 87.0 cm³/mol. The minimum Gasteiger partial charge on any atom is -0.311 e. The van der Waals surface area contributed by atoms with Crippen molar-refractivity contribution < 1.29 is 0 Å². The number of benzene rings is 1. The molecular formula is C17H26N4. The van der Waals surface area contributed by atoms with Crippen LogP contribution in [0.4, 0.5) is 0 Å². The number of nitrogens with one attached hydrogen (secondary N) is 1. The fourth-order valence-electron chi connectivity index (χ4n) is 2.12. The Hall–Kier alpha value is -1.68. The molecule has 1 aromatic carbocycles. The van der Waals surface area contributed by atoms with E-state index in [1.807, 2.05) is 23.0 Å². The van der Waals surface area contributed by atoms with Gasteiger partial charge in [-0.05, 0) is 32.7 Å². The second-order valence-corrected chi connectivity index (χ2v) is 6.13. The van der Waals surface area contributed by atoms with E-state index >= 15 is 0 Å². The summed E-state index contributed by atoms with van der Waals surface area (Å²) in [6, 6.07) is 10.6. The minimum atomic E-state index is 0.275. The average molecular weight is 286 g/mol. The number of hydrogen-bond acceptors (Lipinski definition) is 3. The Morgan fingerprint density at radius 3 is 2.38 bits per heavy atom. The molecule has 0 aliphatic heterocycles. The van der Waals surface area contributed by atoms with Crippen molar-refractivity contribution in [1.82, 2.24) is 20.3 Å². The van der Waals surface area contributed by atoms with Gasteiger partial charge in [0, 0.05) is 12.1 Å². The fourth-order valence-corrected chi connectivity index (χ4v) is 2.12. The highest BCUT2D eigenvalue weighted by atomic mass is 15.5. The van der Waals surface area contributed by atoms with E-state index < -0.39 is 0 Å². The third-order valence-electron chi connectivity index (χ3n) is 3.40. The molecule has 4 heteroatoms. The van der Waals surface area contributed by atoms with Gasteiger partial charge in [0.05, 0.1) is 6.04 Å². The maximum atomic E-state index is 4.66. The van der Waals surface area contributed by atoms with Crippen LogP contribution in [-0.2, 0) is 6.54 Å². The summed E-state index contributed by atoms with van der Waals surface area (Å²) >= 11 is 0. The highest BCUT2D eigenvalue weighted by Crippen LogP contribution is 2.21. The summed E-state index contributed by atoms with van der Waals surface area (Å²) in [6.07, 6.45) is 1.18. The number of nitrogens with zero attached hydrogens (tertiary/aromatic N) is 3. The van der Waals surface area contributed by atoms with E-state index in [9.17, 15) is 0 Å². The number of aromatic nitrogens is 3. The molecule has 114 valence electrons. The van der Waals surface area contributed by atoms with Gasteiger partial charge in [-0.15, -0.1) is 0 Å². The highest BCUT2D eigenvalue weighted by molar-refractivity contribution is 5.60. The minimum absolute atomic E-state index is 0.275. The maximum Gasteiger partial charge on any atom is 0.117 e. The van der Waals surface area contributed by atoms with Crippen molar-refractivity contribution in [3.8, 4) is 11.3 Å². The van der Waals surface area contributed by atoms with E-state index in [0.29, 0.717) is 0 Å². The zero-order valence-corrected chi connectivity index (χ0v) is 13.5. The first-order chi connectivity index (χ1) is 10.1. The average Bonchev–Trinajstić information content (AvgIpc) is 2.89. The Morgan fingerprint density at radius 2 is 1.76 bits per heavy atom. The lowest BCUT2D eigenvalue weighted by molar-refractivity contribution is 0.460. The van der Waals surface area contributed by atoms with Crippen molar-refractivity contribution >= 4 is 0 Å². The summed E-state index contributed by atoms with van der Waals surface area (Å²) in [5.41, 5.74) is 3.14. The van der Waals surface area contributed by atoms with Crippen molar-refractivity contribution in [2.24, 2.45) is 5.92 Å². The van der Waals surface area contributed by atoms with Crippen molar-refractivity contribution in [2.45, 2.75) is 46.7 Å². The molecule has 0 unspecified atom stereocenters. The summed E-state index contributed by atoms with van der Waals surface area (Å²) in [4.78, 5) is 1.81. The monoisotopic (exact) mass is 286 g/mol. The molecule has 0 spiro atoms. The van der Waals surface area contributed by atoms with Crippen LogP contribution in [0.3, 0.4) is 0 Å². The fraction of sp³-hybridized carbons (Fsp3) is 0.529. The van der Waals surface area contributed by atoms with Gasteiger partial charge >= 0.3 is 0 Å². The molecule has 0 aliphatic carbocycles. The van der Waals surface area contributed by atoms with E-state index in [1.54, 1.807) is 0 Å². The molecule has 0 saturated carbocycles. The topological polar surface area (TPSA) is 42.7 Å². The quantitative estimate of drug-likeness (QED) is 0.790. The van der Waals surface area contributed by atoms with E-state index in [1.165, 1.54) is 6.42 Å². The Balaban J connectivity index is 2.15. The lowest BCUT2D eigenvalue weighted by Crippen LogP contribution is -2.17. The molecule has 0 amide bonds. The van der Waals surface area contributed by atoms with E-state index in [-0.39, 0.29) is 6.04 Å². The highest BCUT2D eigenvalue weighted by Gasteiger charge is 2.14. The molecule has 0 fully saturated rings. The second kappa shape index (κ2) is 7.36. The summed E-state index contributed by atoms with van der Waals surface area (Å²) in [5, 5.41) is 12.8. The number of hydrogen-bond donors (Lipinski definition) is 1. The van der Waals surface area contributed by atoms with Gasteiger partial charge in [0.2, 0.25) is 0 Å². The normalized spacial score (nSPS) is 11.5. The van der Waals surface area contributed by atoms with Crippen LogP contribution < -0.4 is 5.32 Å². The Morgan fingerprint density at radius 1 is 1.05 bits per heavy atom. The van der Waals surface area contributed by atoms with Crippen molar-refractivity contribution in [3.05, 3.63) is 36.0 Å². The summed E-state index contributed by atoms with van der Waals surface area (Å²) < 4.78 is 0. The molecule has 2 rings (SSSR count). The van der Waals surface area contributed by atoms with Crippen molar-refractivity contribution in [3.63, 3.8) is 0 Å². The van der Waals surface area contributed by atoms with E-state index in [4.69, 9.17) is 0 Å². The zero-order valence-electron chi connectivity index (χ0n) is 13.5. The van der Waals surface area contributed by atoms with Crippen molar-refractivity contribution in [1.29, 1.82) is 0 Å². The van der Waals surface area contributed by atoms with Crippen LogP contribution in [0.2, 0.25) is 0 Å². The maximum absolute atomic E-state index is 4.66. The van der Waals surface area contributed by atoms with Gasteiger partial charge in [0.25, 0.3) is 0 Å². The molecule has 0 saturated heterocycles. The molecule has 2 aromatic rings. The van der Waals surface area contributed by atoms with Gasteiger partial charge in [-0.25, -0.2) is 0 Å². The zero-order chi connectivity index (χ0) is 15.2. The molecule has 0 aliphatic rings. The van der Waals surface area contributed by atoms with Crippen LogP contribution in [0.5, 0.6) is 0 Å². The first kappa shape index (κ1) is 15.7. The van der Waals surface area contributed by atoms with Gasteiger partial charge in [0.1, 0.15) is 11.4 Å². The molecule has 1 heterocycles. The lowest BCUT2D eigenvalue weighted by Gasteiger charge is -2.06. The van der Waals surface area contributed by atoms with Crippen LogP contribution in [0.15, 0.2) is 30.3 Å². The molecular weight excluding hydrogens is 260 g/mol. The van der Waals surface area contributed by atoms with Crippen LogP contribution >= 0.6 is 0 Å². The molecule has 0 radical (unpaired) electrons. The lowest BCUT2D eigenvalue weighted by atomic mass is 10.1. The summed E-state index contributed by atoms with van der Waals surface area (Å²) in [6.45, 7) is 10.5. The Labute approximate surface area is 127 Å². The smallest absolute Gasteiger partial charge is 0.117 e. The third-order valence-corrected chi connectivity index (χ3v) is 3.40. The SMILES string of the molecule is CC(C)CCNCc1nn(C(C)C)nc1-c1ccccc1. The van der Waals surface area contributed by atoms with Gasteiger partial charge in [-0.2, -0.15) is 15.0 Å². The Bertz CT molecular complexity index is 543. The van der Waals surface area contributed by atoms with E-state index in [2.05, 4.69) is 55.3 Å². The summed E-state index contributed by atoms with van der Waals surface area (Å²) in [5.74, 6) is 0.720. The van der Waals surface area contributed by atoms with Gasteiger partial charge in [-0.1, -0.05) is 44.2 Å². The molecule has 1 aromatic heterocycles. The van der Waals surface area contributed by atoms with Crippen molar-refractivity contribution in [2.75, 3.05) is 6.54 Å². The van der Waals surface area contributed by atoms with Crippen LogP contribution in [0, 0.1) is 5.92 Å². The van der Waals surface area contributed by atoms with Gasteiger partial charge < -0.3 is 5.32 Å². The summed E-state index contributed by atoms with van der Waals surface area (Å²) in [7, 11) is 0. The predicted octanol–water partition coefficient (Wildman–Crippen LogP) is 3.66. The standard InChI is InChI=1S/C17H26N4/c1-13(2)10-11-18-12-16-17(15-8-6-5-7-9-15)20-21(19-16)14(3)4/h5-9,13-14,18H,10-12H2,1-4H3. The first-order valence-electron chi connectivity index (χ1n) is 7.79. The van der Waals surface area contributed by atoms with Crippen LogP contribution in [0.1, 0.15) is 45.9 Å². The molecule has 4 nitrogen and oxygen atoms in total. The largest absolute Gasteiger partial charge is 0.311 e. The Kier molecular flexibility index (Phi) is 5.51. The first-order valence-corrected chi connectivity index (χ1v) is 7.79.